The molecule has 2 rings (SSSR count). The Kier molecular flexibility index (Phi) is 0.793. The van der Waals surface area contributed by atoms with Crippen LogP contribution in [-0.2, 0) is 0 Å². The van der Waals surface area contributed by atoms with Crippen LogP contribution in [0.3, 0.4) is 0 Å². The van der Waals surface area contributed by atoms with Crippen molar-refractivity contribution in [3.8, 4) is 0 Å². The summed E-state index contributed by atoms with van der Waals surface area (Å²) in [6.07, 6.45) is 3.58. The summed E-state index contributed by atoms with van der Waals surface area (Å²) >= 11 is 0. The summed E-state index contributed by atoms with van der Waals surface area (Å²) in [7, 11) is 0. The van der Waals surface area contributed by atoms with Crippen molar-refractivity contribution in [3.63, 3.8) is 0 Å². The Bertz CT molecular complexity index is 151. The normalized spacial score (nSPS) is 29.1. The molecule has 3 nitrogen and oxygen atoms in total. The van der Waals surface area contributed by atoms with Crippen LogP contribution in [0.2, 0.25) is 0 Å². The number of rotatable bonds is 0. The molecule has 1 saturated carbocycles. The van der Waals surface area contributed by atoms with Gasteiger partial charge in [0, 0.05) is 6.54 Å². The van der Waals surface area contributed by atoms with Gasteiger partial charge in [0.05, 0.1) is 5.54 Å². The second-order valence-electron chi connectivity index (χ2n) is 2.94. The first-order chi connectivity index (χ1) is 4.31. The van der Waals surface area contributed by atoms with Crippen molar-refractivity contribution in [1.29, 1.82) is 0 Å². The van der Waals surface area contributed by atoms with E-state index in [1.165, 1.54) is 6.42 Å². The van der Waals surface area contributed by atoms with Gasteiger partial charge in [-0.25, -0.2) is 4.79 Å². The quantitative estimate of drug-likeness (QED) is 0.479. The Morgan fingerprint density at radius 3 is 2.44 bits per heavy atom. The molecule has 1 spiro atoms. The van der Waals surface area contributed by atoms with Gasteiger partial charge in [-0.05, 0) is 19.3 Å². The second-order valence-corrected chi connectivity index (χ2v) is 2.94. The molecule has 0 aromatic heterocycles. The third-order valence-corrected chi connectivity index (χ3v) is 2.28. The van der Waals surface area contributed by atoms with E-state index in [0.717, 1.165) is 19.4 Å². The van der Waals surface area contributed by atoms with E-state index in [1.54, 1.807) is 0 Å². The molecule has 2 N–H and O–H groups in total. The van der Waals surface area contributed by atoms with Crippen molar-refractivity contribution in [2.24, 2.45) is 0 Å². The summed E-state index contributed by atoms with van der Waals surface area (Å²) in [4.78, 5) is 10.6. The Morgan fingerprint density at radius 2 is 2.22 bits per heavy atom. The van der Waals surface area contributed by atoms with Crippen LogP contribution in [0.5, 0.6) is 0 Å². The molecule has 2 aliphatic rings. The van der Waals surface area contributed by atoms with Crippen molar-refractivity contribution in [3.05, 3.63) is 0 Å². The van der Waals surface area contributed by atoms with Crippen molar-refractivity contribution >= 4 is 6.03 Å². The van der Waals surface area contributed by atoms with Crippen LogP contribution in [-0.4, -0.2) is 18.1 Å². The SMILES string of the molecule is O=C1NCC2(CCC2)N1. The van der Waals surface area contributed by atoms with Gasteiger partial charge in [0.15, 0.2) is 0 Å². The zero-order valence-corrected chi connectivity index (χ0v) is 5.24. The van der Waals surface area contributed by atoms with E-state index in [4.69, 9.17) is 0 Å². The Hall–Kier alpha value is -0.730. The zero-order valence-electron chi connectivity index (χ0n) is 5.24. The summed E-state index contributed by atoms with van der Waals surface area (Å²) < 4.78 is 0. The maximum absolute atomic E-state index is 10.6. The Labute approximate surface area is 53.8 Å². The van der Waals surface area contributed by atoms with Gasteiger partial charge in [-0.2, -0.15) is 0 Å². The number of carbonyl (C=O) groups is 1. The largest absolute Gasteiger partial charge is 0.336 e. The molecule has 2 amide bonds. The second kappa shape index (κ2) is 1.40. The van der Waals surface area contributed by atoms with E-state index >= 15 is 0 Å². The van der Waals surface area contributed by atoms with Crippen molar-refractivity contribution in [2.45, 2.75) is 24.8 Å². The van der Waals surface area contributed by atoms with Crippen LogP contribution >= 0.6 is 0 Å². The number of nitrogens with one attached hydrogen (secondary N) is 2. The molecule has 0 atom stereocenters. The highest BCUT2D eigenvalue weighted by molar-refractivity contribution is 5.77. The van der Waals surface area contributed by atoms with Gasteiger partial charge in [-0.3, -0.25) is 0 Å². The van der Waals surface area contributed by atoms with E-state index in [-0.39, 0.29) is 11.6 Å². The van der Waals surface area contributed by atoms with Gasteiger partial charge in [0.2, 0.25) is 0 Å². The average molecular weight is 126 g/mol. The molecule has 1 aliphatic carbocycles. The number of hydrogen-bond donors (Lipinski definition) is 2. The Morgan fingerprint density at radius 1 is 1.44 bits per heavy atom. The predicted molar refractivity (Wildman–Crippen MR) is 33.1 cm³/mol. The molecule has 1 saturated heterocycles. The van der Waals surface area contributed by atoms with E-state index in [1.807, 2.05) is 0 Å². The highest BCUT2D eigenvalue weighted by Crippen LogP contribution is 2.32. The van der Waals surface area contributed by atoms with Crippen molar-refractivity contribution in [1.82, 2.24) is 10.6 Å². The third kappa shape index (κ3) is 0.605. The van der Waals surface area contributed by atoms with E-state index in [2.05, 4.69) is 10.6 Å². The van der Waals surface area contributed by atoms with Crippen LogP contribution in [0.15, 0.2) is 0 Å². The van der Waals surface area contributed by atoms with Crippen molar-refractivity contribution in [2.75, 3.05) is 6.54 Å². The number of hydrogen-bond acceptors (Lipinski definition) is 1. The predicted octanol–water partition coefficient (Wildman–Crippen LogP) is 0.222. The summed E-state index contributed by atoms with van der Waals surface area (Å²) in [5.41, 5.74) is 0.178. The molecule has 1 heterocycles. The lowest BCUT2D eigenvalue weighted by atomic mass is 9.78. The minimum Gasteiger partial charge on any atom is -0.336 e. The van der Waals surface area contributed by atoms with E-state index < -0.39 is 0 Å². The van der Waals surface area contributed by atoms with Crippen LogP contribution in [0, 0.1) is 0 Å². The third-order valence-electron chi connectivity index (χ3n) is 2.28. The molecule has 2 fully saturated rings. The fraction of sp³-hybridized carbons (Fsp3) is 0.833. The summed E-state index contributed by atoms with van der Waals surface area (Å²) in [5, 5.41) is 5.68. The molecule has 3 heteroatoms. The summed E-state index contributed by atoms with van der Waals surface area (Å²) in [5.74, 6) is 0. The fourth-order valence-electron chi connectivity index (χ4n) is 1.48. The van der Waals surface area contributed by atoms with Crippen LogP contribution in [0.1, 0.15) is 19.3 Å². The maximum atomic E-state index is 10.6. The average Bonchev–Trinajstić information content (AvgIpc) is 2.09. The summed E-state index contributed by atoms with van der Waals surface area (Å²) in [6.45, 7) is 0.839. The number of carbonyl (C=O) groups excluding carboxylic acids is 1. The van der Waals surface area contributed by atoms with Gasteiger partial charge in [-0.15, -0.1) is 0 Å². The van der Waals surface area contributed by atoms with Crippen LogP contribution < -0.4 is 10.6 Å². The highest BCUT2D eigenvalue weighted by Gasteiger charge is 2.42. The smallest absolute Gasteiger partial charge is 0.315 e. The Balaban J connectivity index is 2.07. The lowest BCUT2D eigenvalue weighted by Gasteiger charge is -2.36. The first kappa shape index (κ1) is 5.09. The van der Waals surface area contributed by atoms with Gasteiger partial charge in [0.1, 0.15) is 0 Å². The topological polar surface area (TPSA) is 41.1 Å². The van der Waals surface area contributed by atoms with E-state index in [0.29, 0.717) is 0 Å². The molecular formula is C6H10N2O. The first-order valence-corrected chi connectivity index (χ1v) is 3.37. The van der Waals surface area contributed by atoms with Gasteiger partial charge >= 0.3 is 6.03 Å². The van der Waals surface area contributed by atoms with Crippen LogP contribution in [0.25, 0.3) is 0 Å². The van der Waals surface area contributed by atoms with Crippen molar-refractivity contribution < 1.29 is 4.79 Å². The maximum Gasteiger partial charge on any atom is 0.315 e. The molecule has 0 aromatic rings. The lowest BCUT2D eigenvalue weighted by molar-refractivity contribution is 0.218. The minimum atomic E-state index is 0.00898. The lowest BCUT2D eigenvalue weighted by Crippen LogP contribution is -2.49. The monoisotopic (exact) mass is 126 g/mol. The molecular weight excluding hydrogens is 116 g/mol. The molecule has 50 valence electrons. The fourth-order valence-corrected chi connectivity index (χ4v) is 1.48. The molecule has 0 unspecified atom stereocenters. The zero-order chi connectivity index (χ0) is 6.32. The number of amides is 2. The van der Waals surface area contributed by atoms with Gasteiger partial charge < -0.3 is 10.6 Å². The van der Waals surface area contributed by atoms with Crippen LogP contribution in [0.4, 0.5) is 4.79 Å². The first-order valence-electron chi connectivity index (χ1n) is 3.37. The van der Waals surface area contributed by atoms with Gasteiger partial charge in [0.25, 0.3) is 0 Å². The standard InChI is InChI=1S/C6H10N2O/c9-5-7-4-6(8-5)2-1-3-6/h1-4H2,(H2,7,8,9). The molecule has 9 heavy (non-hydrogen) atoms. The molecule has 0 bridgehead atoms. The highest BCUT2D eigenvalue weighted by atomic mass is 16.2. The number of urea groups is 1. The molecule has 0 aromatic carbocycles. The van der Waals surface area contributed by atoms with Gasteiger partial charge in [-0.1, -0.05) is 0 Å². The molecule has 1 aliphatic heterocycles. The minimum absolute atomic E-state index is 0.00898. The molecule has 0 radical (unpaired) electrons. The van der Waals surface area contributed by atoms with E-state index in [9.17, 15) is 4.79 Å². The summed E-state index contributed by atoms with van der Waals surface area (Å²) in [6, 6.07) is 0.00898.